The number of halogens is 2. The van der Waals surface area contributed by atoms with Crippen molar-refractivity contribution in [1.29, 1.82) is 0 Å². The highest BCUT2D eigenvalue weighted by Crippen LogP contribution is 2.32. The Morgan fingerprint density at radius 1 is 1.20 bits per heavy atom. The lowest BCUT2D eigenvalue weighted by molar-refractivity contribution is 0.0376. The van der Waals surface area contributed by atoms with Crippen LogP contribution >= 0.6 is 39.7 Å². The molecule has 3 aromatic rings. The molecule has 1 aliphatic heterocycles. The SMILES string of the molecule is Cc1cccc2sc(N(CCCN3CCOCC3)C(=O)c3ccccc3Br)nc12.Cl. The van der Waals surface area contributed by atoms with Gasteiger partial charge in [-0.2, -0.15) is 0 Å². The topological polar surface area (TPSA) is 45.7 Å². The Kier molecular flexibility index (Phi) is 8.25. The van der Waals surface area contributed by atoms with Crippen molar-refractivity contribution in [1.82, 2.24) is 9.88 Å². The van der Waals surface area contributed by atoms with E-state index in [2.05, 4.69) is 39.9 Å². The molecule has 0 spiro atoms. The van der Waals surface area contributed by atoms with Crippen LogP contribution in [-0.2, 0) is 4.74 Å². The van der Waals surface area contributed by atoms with Gasteiger partial charge in [0.15, 0.2) is 5.13 Å². The molecule has 8 heteroatoms. The van der Waals surface area contributed by atoms with Gasteiger partial charge in [-0.15, -0.1) is 12.4 Å². The monoisotopic (exact) mass is 509 g/mol. The lowest BCUT2D eigenvalue weighted by atomic mass is 10.2. The number of anilines is 1. The molecule has 0 radical (unpaired) electrons. The van der Waals surface area contributed by atoms with Crippen molar-refractivity contribution in [3.63, 3.8) is 0 Å². The zero-order valence-corrected chi connectivity index (χ0v) is 20.1. The molecule has 0 unspecified atom stereocenters. The van der Waals surface area contributed by atoms with Gasteiger partial charge in [-0.1, -0.05) is 35.6 Å². The van der Waals surface area contributed by atoms with Gasteiger partial charge in [-0.25, -0.2) is 4.98 Å². The Morgan fingerprint density at radius 2 is 1.97 bits per heavy atom. The van der Waals surface area contributed by atoms with Gasteiger partial charge in [-0.3, -0.25) is 14.6 Å². The average Bonchev–Trinajstić information content (AvgIpc) is 3.17. The number of rotatable bonds is 6. The Balaban J connectivity index is 0.00000256. The first-order valence-electron chi connectivity index (χ1n) is 9.86. The fraction of sp³-hybridized carbons (Fsp3) is 0.364. The number of carbonyl (C=O) groups excluding carboxylic acids is 1. The van der Waals surface area contributed by atoms with Gasteiger partial charge in [0.25, 0.3) is 5.91 Å². The number of ether oxygens (including phenoxy) is 1. The minimum absolute atomic E-state index is 0. The average molecular weight is 511 g/mol. The first kappa shape index (κ1) is 23.2. The summed E-state index contributed by atoms with van der Waals surface area (Å²) < 4.78 is 7.35. The Morgan fingerprint density at radius 3 is 2.70 bits per heavy atom. The van der Waals surface area contributed by atoms with E-state index >= 15 is 0 Å². The van der Waals surface area contributed by atoms with E-state index in [1.54, 1.807) is 11.3 Å². The number of thiazole rings is 1. The first-order valence-corrected chi connectivity index (χ1v) is 11.5. The highest BCUT2D eigenvalue weighted by Gasteiger charge is 2.23. The Bertz CT molecular complexity index is 1010. The minimum atomic E-state index is -0.0174. The van der Waals surface area contributed by atoms with Crippen molar-refractivity contribution in [3.05, 3.63) is 58.1 Å². The largest absolute Gasteiger partial charge is 0.379 e. The van der Waals surface area contributed by atoms with Gasteiger partial charge in [0, 0.05) is 30.7 Å². The van der Waals surface area contributed by atoms with Gasteiger partial charge in [0.05, 0.1) is 29.0 Å². The number of hydrogen-bond donors (Lipinski definition) is 0. The molecule has 1 aliphatic rings. The summed E-state index contributed by atoms with van der Waals surface area (Å²) in [4.78, 5) is 22.5. The standard InChI is InChI=1S/C22H24BrN3O2S.ClH/c1-16-6-4-9-19-20(16)24-22(29-19)26(11-5-10-25-12-14-28-15-13-25)21(27)17-7-2-3-8-18(17)23;/h2-4,6-9H,5,10-15H2,1H3;1H. The molecular weight excluding hydrogens is 486 g/mol. The predicted molar refractivity (Wildman–Crippen MR) is 129 cm³/mol. The second-order valence-corrected chi connectivity index (χ2v) is 9.03. The van der Waals surface area contributed by atoms with E-state index < -0.39 is 0 Å². The molecule has 0 atom stereocenters. The lowest BCUT2D eigenvalue weighted by Crippen LogP contribution is -2.39. The van der Waals surface area contributed by atoms with Crippen molar-refractivity contribution in [3.8, 4) is 0 Å². The molecule has 0 N–H and O–H groups in total. The van der Waals surface area contributed by atoms with Crippen LogP contribution in [0.3, 0.4) is 0 Å². The molecule has 1 fully saturated rings. The van der Waals surface area contributed by atoms with E-state index in [1.165, 1.54) is 0 Å². The number of benzene rings is 2. The summed E-state index contributed by atoms with van der Waals surface area (Å²) in [6.07, 6.45) is 0.894. The van der Waals surface area contributed by atoms with Gasteiger partial charge in [-0.05, 0) is 53.0 Å². The maximum Gasteiger partial charge on any atom is 0.261 e. The second kappa shape index (κ2) is 10.7. The smallest absolute Gasteiger partial charge is 0.261 e. The van der Waals surface area contributed by atoms with E-state index in [1.807, 2.05) is 35.2 Å². The molecule has 5 nitrogen and oxygen atoms in total. The quantitative estimate of drug-likeness (QED) is 0.460. The summed E-state index contributed by atoms with van der Waals surface area (Å²) >= 11 is 5.11. The molecule has 160 valence electrons. The zero-order valence-electron chi connectivity index (χ0n) is 16.8. The lowest BCUT2D eigenvalue weighted by Gasteiger charge is -2.27. The molecule has 0 saturated carbocycles. The van der Waals surface area contributed by atoms with Crippen LogP contribution in [0, 0.1) is 6.92 Å². The zero-order chi connectivity index (χ0) is 20.2. The van der Waals surface area contributed by atoms with E-state index in [4.69, 9.17) is 9.72 Å². The van der Waals surface area contributed by atoms with Gasteiger partial charge >= 0.3 is 0 Å². The van der Waals surface area contributed by atoms with Gasteiger partial charge in [0.1, 0.15) is 0 Å². The maximum absolute atomic E-state index is 13.4. The summed E-state index contributed by atoms with van der Waals surface area (Å²) in [6, 6.07) is 13.7. The third-order valence-corrected chi connectivity index (χ3v) is 6.88. The summed E-state index contributed by atoms with van der Waals surface area (Å²) in [5, 5.41) is 0.761. The number of hydrogen-bond acceptors (Lipinski definition) is 5. The molecule has 1 aromatic heterocycles. The van der Waals surface area contributed by atoms with Gasteiger partial charge in [0.2, 0.25) is 0 Å². The van der Waals surface area contributed by atoms with Crippen molar-refractivity contribution >= 4 is 60.9 Å². The number of aryl methyl sites for hydroxylation is 1. The van der Waals surface area contributed by atoms with E-state index in [0.29, 0.717) is 12.1 Å². The van der Waals surface area contributed by atoms with Crippen molar-refractivity contribution in [2.24, 2.45) is 0 Å². The van der Waals surface area contributed by atoms with E-state index in [9.17, 15) is 4.79 Å². The number of nitrogens with zero attached hydrogens (tertiary/aromatic N) is 3. The van der Waals surface area contributed by atoms with Crippen LogP contribution in [0.4, 0.5) is 5.13 Å². The molecule has 2 heterocycles. The normalized spacial score (nSPS) is 14.5. The summed E-state index contributed by atoms with van der Waals surface area (Å²) in [6.45, 7) is 7.14. The van der Waals surface area contributed by atoms with Crippen LogP contribution in [0.15, 0.2) is 46.9 Å². The van der Waals surface area contributed by atoms with Gasteiger partial charge < -0.3 is 4.74 Å². The summed E-state index contributed by atoms with van der Waals surface area (Å²) in [5.41, 5.74) is 2.77. The molecule has 30 heavy (non-hydrogen) atoms. The number of amides is 1. The predicted octanol–water partition coefficient (Wildman–Crippen LogP) is 5.16. The summed E-state index contributed by atoms with van der Waals surface area (Å²) in [5.74, 6) is -0.0174. The molecule has 2 aromatic carbocycles. The Labute approximate surface area is 195 Å². The van der Waals surface area contributed by atoms with Crippen LogP contribution in [0.5, 0.6) is 0 Å². The number of aromatic nitrogens is 1. The number of carbonyl (C=O) groups is 1. The van der Waals surface area contributed by atoms with Crippen LogP contribution in [0.1, 0.15) is 22.3 Å². The molecule has 1 saturated heterocycles. The third kappa shape index (κ3) is 5.21. The molecule has 4 rings (SSSR count). The number of fused-ring (bicyclic) bond motifs is 1. The molecule has 1 amide bonds. The first-order chi connectivity index (χ1) is 14.1. The molecule has 0 aliphatic carbocycles. The molecule has 0 bridgehead atoms. The molecular formula is C22H25BrClN3O2S. The van der Waals surface area contributed by atoms with Crippen LogP contribution in [0.2, 0.25) is 0 Å². The van der Waals surface area contributed by atoms with E-state index in [0.717, 1.165) is 64.7 Å². The Hall–Kier alpha value is -1.51. The van der Waals surface area contributed by atoms with E-state index in [-0.39, 0.29) is 18.3 Å². The van der Waals surface area contributed by atoms with Crippen molar-refractivity contribution in [2.45, 2.75) is 13.3 Å². The summed E-state index contributed by atoms with van der Waals surface area (Å²) in [7, 11) is 0. The van der Waals surface area contributed by atoms with Crippen molar-refractivity contribution in [2.75, 3.05) is 44.3 Å². The fourth-order valence-corrected chi connectivity index (χ4v) is 5.05. The number of morpholine rings is 1. The fourth-order valence-electron chi connectivity index (χ4n) is 3.53. The highest BCUT2D eigenvalue weighted by atomic mass is 79.9. The number of para-hydroxylation sites is 1. The highest BCUT2D eigenvalue weighted by molar-refractivity contribution is 9.10. The van der Waals surface area contributed by atoms with Crippen LogP contribution < -0.4 is 4.90 Å². The van der Waals surface area contributed by atoms with Crippen LogP contribution in [-0.4, -0.2) is 55.2 Å². The second-order valence-electron chi connectivity index (χ2n) is 7.16. The van der Waals surface area contributed by atoms with Crippen molar-refractivity contribution < 1.29 is 9.53 Å². The van der Waals surface area contributed by atoms with Crippen LogP contribution in [0.25, 0.3) is 10.2 Å². The maximum atomic E-state index is 13.4. The third-order valence-electron chi connectivity index (χ3n) is 5.15. The minimum Gasteiger partial charge on any atom is -0.379 e.